The molecule has 10 nitrogen and oxygen atoms in total. The lowest BCUT2D eigenvalue weighted by molar-refractivity contribution is -0.152. The Kier molecular flexibility index (Phi) is 5.42. The van der Waals surface area contributed by atoms with E-state index < -0.39 is 23.8 Å². The molecule has 0 saturated carbocycles. The number of ether oxygens (including phenoxy) is 2. The third kappa shape index (κ3) is 3.79. The van der Waals surface area contributed by atoms with Crippen molar-refractivity contribution in [1.29, 1.82) is 0 Å². The van der Waals surface area contributed by atoms with Crippen LogP contribution < -0.4 is 5.32 Å². The molecule has 2 aromatic rings. The largest absolute Gasteiger partial charge is 0.459 e. The first kappa shape index (κ1) is 18.0. The maximum Gasteiger partial charge on any atom is 0.399 e. The molecular weight excluding hydrogens is 332 g/mol. The Labute approximate surface area is 142 Å². The number of amides is 1. The van der Waals surface area contributed by atoms with Gasteiger partial charge in [-0.05, 0) is 32.9 Å². The molecule has 0 unspecified atom stereocenters. The van der Waals surface area contributed by atoms with Gasteiger partial charge in [0, 0.05) is 5.69 Å². The Balaban J connectivity index is 2.45. The number of rotatable bonds is 3. The highest BCUT2D eigenvalue weighted by atomic mass is 16.5. The van der Waals surface area contributed by atoms with E-state index in [9.17, 15) is 19.2 Å². The Hall–Kier alpha value is -3.30. The maximum atomic E-state index is 12.2. The molecule has 0 atom stereocenters. The zero-order valence-electron chi connectivity index (χ0n) is 13.9. The second-order valence-electron chi connectivity index (χ2n) is 4.78. The third-order valence-electron chi connectivity index (χ3n) is 3.01. The first-order chi connectivity index (χ1) is 11.9. The van der Waals surface area contributed by atoms with Crippen molar-refractivity contribution in [2.24, 2.45) is 0 Å². The summed E-state index contributed by atoms with van der Waals surface area (Å²) >= 11 is 0. The van der Waals surface area contributed by atoms with Crippen molar-refractivity contribution in [2.75, 3.05) is 18.5 Å². The molecule has 0 spiro atoms. The van der Waals surface area contributed by atoms with Crippen LogP contribution >= 0.6 is 0 Å². The smallest absolute Gasteiger partial charge is 0.399 e. The highest BCUT2D eigenvalue weighted by molar-refractivity contribution is 6.38. The highest BCUT2D eigenvalue weighted by Crippen LogP contribution is 2.22. The van der Waals surface area contributed by atoms with Gasteiger partial charge in [-0.15, -0.1) is 5.10 Å². The summed E-state index contributed by atoms with van der Waals surface area (Å²) in [5.74, 6) is -4.43. The van der Waals surface area contributed by atoms with Gasteiger partial charge < -0.3 is 9.47 Å². The lowest BCUT2D eigenvalue weighted by Gasteiger charge is -2.02. The Morgan fingerprint density at radius 3 is 2.36 bits per heavy atom. The van der Waals surface area contributed by atoms with Gasteiger partial charge in [0.25, 0.3) is 0 Å². The van der Waals surface area contributed by atoms with Crippen molar-refractivity contribution >= 4 is 40.6 Å². The minimum absolute atomic E-state index is 0.0165. The van der Waals surface area contributed by atoms with Crippen molar-refractivity contribution in [1.82, 2.24) is 14.8 Å². The van der Waals surface area contributed by atoms with E-state index in [1.807, 2.05) is 0 Å². The lowest BCUT2D eigenvalue weighted by Crippen LogP contribution is -2.27. The first-order valence-electron chi connectivity index (χ1n) is 7.45. The number of aryl methyl sites for hydroxylation is 1. The molecular formula is C15H16N4O6. The molecule has 25 heavy (non-hydrogen) atoms. The maximum absolute atomic E-state index is 12.2. The highest BCUT2D eigenvalue weighted by Gasteiger charge is 2.26. The Bertz CT molecular complexity index is 857. The van der Waals surface area contributed by atoms with Gasteiger partial charge in [-0.2, -0.15) is 4.68 Å². The van der Waals surface area contributed by atoms with E-state index in [0.717, 1.165) is 4.68 Å². The minimum atomic E-state index is -1.11. The fourth-order valence-corrected chi connectivity index (χ4v) is 1.96. The number of carbonyl (C=O) groups excluding carboxylic acids is 4. The number of nitrogens with one attached hydrogen (secondary N) is 1. The van der Waals surface area contributed by atoms with Crippen LogP contribution in [-0.2, 0) is 23.9 Å². The number of carbonyl (C=O) groups is 4. The molecule has 0 fully saturated rings. The molecule has 1 N–H and O–H groups in total. The fourth-order valence-electron chi connectivity index (χ4n) is 1.96. The van der Waals surface area contributed by atoms with Crippen molar-refractivity contribution < 1.29 is 28.7 Å². The summed E-state index contributed by atoms with van der Waals surface area (Å²) < 4.78 is 9.97. The number of aromatic nitrogens is 3. The minimum Gasteiger partial charge on any atom is -0.459 e. The summed E-state index contributed by atoms with van der Waals surface area (Å²) in [6.45, 7) is 4.84. The SMILES string of the molecule is CCOC(=O)C(=O)Nc1nn(C(=O)C(=O)OCC)c2nc(C)ccc12. The molecule has 0 aliphatic carbocycles. The van der Waals surface area contributed by atoms with Crippen LogP contribution in [0.5, 0.6) is 0 Å². The zero-order valence-corrected chi connectivity index (χ0v) is 13.9. The molecule has 2 rings (SSSR count). The number of nitrogens with zero attached hydrogens (tertiary/aromatic N) is 3. The van der Waals surface area contributed by atoms with Crippen LogP contribution in [0, 0.1) is 6.92 Å². The van der Waals surface area contributed by atoms with Crippen LogP contribution in [0.2, 0.25) is 0 Å². The van der Waals surface area contributed by atoms with Gasteiger partial charge in [-0.25, -0.2) is 14.6 Å². The fraction of sp³-hybridized carbons (Fsp3) is 0.333. The van der Waals surface area contributed by atoms with Gasteiger partial charge in [0.15, 0.2) is 11.5 Å². The molecule has 0 radical (unpaired) electrons. The van der Waals surface area contributed by atoms with Gasteiger partial charge in [0.2, 0.25) is 0 Å². The molecule has 0 saturated heterocycles. The number of anilines is 1. The quantitative estimate of drug-likeness (QED) is 0.625. The average Bonchev–Trinajstić information content (AvgIpc) is 2.92. The molecule has 0 bridgehead atoms. The number of esters is 2. The molecule has 2 heterocycles. The van der Waals surface area contributed by atoms with Crippen LogP contribution in [0.25, 0.3) is 11.0 Å². The molecule has 2 aromatic heterocycles. The van der Waals surface area contributed by atoms with Gasteiger partial charge in [-0.1, -0.05) is 0 Å². The van der Waals surface area contributed by atoms with Crippen molar-refractivity contribution in [3.05, 3.63) is 17.8 Å². The number of pyridine rings is 1. The summed E-state index contributed by atoms with van der Waals surface area (Å²) in [6.07, 6.45) is 0. The second-order valence-corrected chi connectivity index (χ2v) is 4.78. The average molecular weight is 348 g/mol. The monoisotopic (exact) mass is 348 g/mol. The van der Waals surface area contributed by atoms with Crippen LogP contribution in [0.3, 0.4) is 0 Å². The van der Waals surface area contributed by atoms with E-state index >= 15 is 0 Å². The lowest BCUT2D eigenvalue weighted by atomic mass is 10.3. The summed E-state index contributed by atoms with van der Waals surface area (Å²) in [5, 5.41) is 6.40. The number of hydrogen-bond acceptors (Lipinski definition) is 8. The van der Waals surface area contributed by atoms with E-state index in [-0.39, 0.29) is 30.1 Å². The molecule has 0 aliphatic rings. The van der Waals surface area contributed by atoms with Gasteiger partial charge in [0.1, 0.15) is 0 Å². The van der Waals surface area contributed by atoms with E-state index in [1.54, 1.807) is 32.9 Å². The van der Waals surface area contributed by atoms with Gasteiger partial charge in [-0.3, -0.25) is 14.9 Å². The topological polar surface area (TPSA) is 129 Å². The van der Waals surface area contributed by atoms with E-state index in [4.69, 9.17) is 0 Å². The predicted molar refractivity (Wildman–Crippen MR) is 84.8 cm³/mol. The molecule has 0 aliphatic heterocycles. The van der Waals surface area contributed by atoms with E-state index in [2.05, 4.69) is 24.9 Å². The number of fused-ring (bicyclic) bond motifs is 1. The molecule has 1 amide bonds. The molecule has 10 heteroatoms. The summed E-state index contributed by atoms with van der Waals surface area (Å²) in [4.78, 5) is 51.2. The van der Waals surface area contributed by atoms with Crippen molar-refractivity contribution in [3.8, 4) is 0 Å². The normalized spacial score (nSPS) is 10.4. The Morgan fingerprint density at radius 2 is 1.72 bits per heavy atom. The zero-order chi connectivity index (χ0) is 18.6. The van der Waals surface area contributed by atoms with Gasteiger partial charge >= 0.3 is 23.8 Å². The van der Waals surface area contributed by atoms with Crippen LogP contribution in [0.15, 0.2) is 12.1 Å². The van der Waals surface area contributed by atoms with E-state index in [0.29, 0.717) is 5.69 Å². The van der Waals surface area contributed by atoms with E-state index in [1.165, 1.54) is 0 Å². The van der Waals surface area contributed by atoms with Crippen LogP contribution in [0.4, 0.5) is 5.82 Å². The van der Waals surface area contributed by atoms with Gasteiger partial charge in [0.05, 0.1) is 18.6 Å². The first-order valence-corrected chi connectivity index (χ1v) is 7.45. The molecule has 0 aromatic carbocycles. The molecule has 132 valence electrons. The Morgan fingerprint density at radius 1 is 1.08 bits per heavy atom. The summed E-state index contributed by atoms with van der Waals surface area (Å²) in [7, 11) is 0. The summed E-state index contributed by atoms with van der Waals surface area (Å²) in [6, 6.07) is 3.18. The second kappa shape index (κ2) is 7.51. The van der Waals surface area contributed by atoms with Crippen LogP contribution in [0.1, 0.15) is 24.3 Å². The number of hydrogen-bond donors (Lipinski definition) is 1. The standard InChI is InChI=1S/C15H16N4O6/c1-4-24-14(22)12(20)17-10-9-7-6-8(3)16-11(9)19(18-10)13(21)15(23)25-5-2/h6-7H,4-5H2,1-3H3,(H,17,18,20). The predicted octanol–water partition coefficient (Wildman–Crippen LogP) is 0.445. The van der Waals surface area contributed by atoms with Crippen molar-refractivity contribution in [3.63, 3.8) is 0 Å². The third-order valence-corrected chi connectivity index (χ3v) is 3.01. The van der Waals surface area contributed by atoms with Crippen LogP contribution in [-0.4, -0.2) is 51.7 Å². The van der Waals surface area contributed by atoms with Crippen molar-refractivity contribution in [2.45, 2.75) is 20.8 Å². The summed E-state index contributed by atoms with van der Waals surface area (Å²) in [5.41, 5.74) is 0.616.